The molecule has 0 radical (unpaired) electrons. The summed E-state index contributed by atoms with van der Waals surface area (Å²) in [5.41, 5.74) is 1.41. The lowest BCUT2D eigenvalue weighted by Crippen LogP contribution is -2.26. The molecule has 1 unspecified atom stereocenters. The van der Waals surface area contributed by atoms with Crippen molar-refractivity contribution in [2.75, 3.05) is 13.2 Å². The number of halogens is 1. The highest BCUT2D eigenvalue weighted by Gasteiger charge is 2.15. The monoisotopic (exact) mass is 376 g/mol. The summed E-state index contributed by atoms with van der Waals surface area (Å²) < 4.78 is 11.6. The maximum absolute atomic E-state index is 12.4. The van der Waals surface area contributed by atoms with Gasteiger partial charge in [-0.05, 0) is 49.6 Å². The Bertz CT molecular complexity index is 737. The van der Waals surface area contributed by atoms with E-state index in [0.29, 0.717) is 24.5 Å². The maximum atomic E-state index is 12.4. The topological polar surface area (TPSA) is 60.5 Å². The predicted molar refractivity (Wildman–Crippen MR) is 103 cm³/mol. The van der Waals surface area contributed by atoms with Crippen molar-refractivity contribution in [3.05, 3.63) is 52.8 Å². The first-order valence-electron chi connectivity index (χ1n) is 8.87. The summed E-state index contributed by atoms with van der Waals surface area (Å²) in [5.74, 6) is 1.22. The van der Waals surface area contributed by atoms with Crippen LogP contribution < -0.4 is 14.8 Å². The van der Waals surface area contributed by atoms with Gasteiger partial charge in [-0.3, -0.25) is 4.79 Å². The molecule has 1 aromatic heterocycles. The second-order valence-corrected chi connectivity index (χ2v) is 6.35. The molecule has 0 fully saturated rings. The first-order chi connectivity index (χ1) is 12.5. The van der Waals surface area contributed by atoms with Crippen LogP contribution in [0.5, 0.6) is 11.5 Å². The minimum absolute atomic E-state index is 0.196. The van der Waals surface area contributed by atoms with E-state index in [2.05, 4.69) is 24.1 Å². The SMILES string of the molecule is CCCOc1ccc(C(C)NC(=O)c2ccnc(Cl)c2)cc1OCCC. The highest BCUT2D eigenvalue weighted by molar-refractivity contribution is 6.29. The van der Waals surface area contributed by atoms with Crippen molar-refractivity contribution in [1.29, 1.82) is 0 Å². The molecule has 1 heterocycles. The molecule has 0 saturated heterocycles. The molecule has 0 aliphatic carbocycles. The van der Waals surface area contributed by atoms with Gasteiger partial charge in [0.05, 0.1) is 19.3 Å². The molecule has 2 rings (SSSR count). The molecule has 0 saturated carbocycles. The van der Waals surface area contributed by atoms with Crippen LogP contribution in [-0.2, 0) is 0 Å². The molecular formula is C20H25ClN2O3. The maximum Gasteiger partial charge on any atom is 0.251 e. The van der Waals surface area contributed by atoms with Crippen LogP contribution in [0, 0.1) is 0 Å². The number of rotatable bonds is 9. The van der Waals surface area contributed by atoms with Gasteiger partial charge in [0.1, 0.15) is 5.15 Å². The molecule has 1 N–H and O–H groups in total. The van der Waals surface area contributed by atoms with Crippen LogP contribution in [0.3, 0.4) is 0 Å². The Morgan fingerprint density at radius 2 is 1.81 bits per heavy atom. The van der Waals surface area contributed by atoms with Crippen molar-refractivity contribution in [2.45, 2.75) is 39.7 Å². The minimum Gasteiger partial charge on any atom is -0.490 e. The van der Waals surface area contributed by atoms with Gasteiger partial charge in [-0.15, -0.1) is 0 Å². The quantitative estimate of drug-likeness (QED) is 0.638. The summed E-state index contributed by atoms with van der Waals surface area (Å²) in [6.07, 6.45) is 3.35. The number of aromatic nitrogens is 1. The Hall–Kier alpha value is -2.27. The number of benzene rings is 1. The molecule has 1 atom stereocenters. The third kappa shape index (κ3) is 5.63. The summed E-state index contributed by atoms with van der Waals surface area (Å²) in [5, 5.41) is 3.25. The predicted octanol–water partition coefficient (Wildman–Crippen LogP) is 4.80. The van der Waals surface area contributed by atoms with Gasteiger partial charge in [-0.1, -0.05) is 31.5 Å². The highest BCUT2D eigenvalue weighted by Crippen LogP contribution is 2.31. The van der Waals surface area contributed by atoms with E-state index in [0.717, 1.165) is 24.2 Å². The lowest BCUT2D eigenvalue weighted by Gasteiger charge is -2.18. The van der Waals surface area contributed by atoms with Crippen LogP contribution in [-0.4, -0.2) is 24.1 Å². The van der Waals surface area contributed by atoms with Gasteiger partial charge >= 0.3 is 0 Å². The van der Waals surface area contributed by atoms with E-state index in [1.807, 2.05) is 25.1 Å². The minimum atomic E-state index is -0.205. The highest BCUT2D eigenvalue weighted by atomic mass is 35.5. The first-order valence-corrected chi connectivity index (χ1v) is 9.24. The first kappa shape index (κ1) is 20.0. The average molecular weight is 377 g/mol. The summed E-state index contributed by atoms with van der Waals surface area (Å²) in [4.78, 5) is 16.3. The van der Waals surface area contributed by atoms with Crippen LogP contribution in [0.15, 0.2) is 36.5 Å². The molecular weight excluding hydrogens is 352 g/mol. The Morgan fingerprint density at radius 3 is 2.46 bits per heavy atom. The van der Waals surface area contributed by atoms with E-state index >= 15 is 0 Å². The van der Waals surface area contributed by atoms with Gasteiger partial charge in [-0.25, -0.2) is 4.98 Å². The fourth-order valence-electron chi connectivity index (χ4n) is 2.36. The second-order valence-electron chi connectivity index (χ2n) is 5.97. The van der Waals surface area contributed by atoms with Crippen molar-refractivity contribution >= 4 is 17.5 Å². The molecule has 1 aromatic carbocycles. The number of ether oxygens (including phenoxy) is 2. The van der Waals surface area contributed by atoms with Crippen LogP contribution in [0.1, 0.15) is 55.6 Å². The van der Waals surface area contributed by atoms with E-state index in [1.165, 1.54) is 6.20 Å². The van der Waals surface area contributed by atoms with E-state index in [-0.39, 0.29) is 17.1 Å². The van der Waals surface area contributed by atoms with Crippen molar-refractivity contribution in [1.82, 2.24) is 10.3 Å². The zero-order valence-electron chi connectivity index (χ0n) is 15.4. The van der Waals surface area contributed by atoms with Crippen molar-refractivity contribution < 1.29 is 14.3 Å². The lowest BCUT2D eigenvalue weighted by atomic mass is 10.1. The Balaban J connectivity index is 2.14. The number of carbonyl (C=O) groups excluding carboxylic acids is 1. The Labute approximate surface area is 159 Å². The normalized spacial score (nSPS) is 11.7. The van der Waals surface area contributed by atoms with Crippen molar-refractivity contribution in [3.63, 3.8) is 0 Å². The van der Waals surface area contributed by atoms with Gasteiger partial charge in [0.25, 0.3) is 5.91 Å². The molecule has 5 nitrogen and oxygen atoms in total. The van der Waals surface area contributed by atoms with Gasteiger partial charge in [0, 0.05) is 11.8 Å². The van der Waals surface area contributed by atoms with Crippen LogP contribution >= 0.6 is 11.6 Å². The Morgan fingerprint density at radius 1 is 1.12 bits per heavy atom. The van der Waals surface area contributed by atoms with Gasteiger partial charge in [0.15, 0.2) is 11.5 Å². The molecule has 0 bridgehead atoms. The molecule has 0 spiro atoms. The Kier molecular flexibility index (Phi) is 7.73. The number of hydrogen-bond acceptors (Lipinski definition) is 4. The smallest absolute Gasteiger partial charge is 0.251 e. The van der Waals surface area contributed by atoms with Crippen molar-refractivity contribution in [2.24, 2.45) is 0 Å². The molecule has 26 heavy (non-hydrogen) atoms. The standard InChI is InChI=1S/C20H25ClN2O3/c1-4-10-25-17-7-6-15(12-18(17)26-11-5-2)14(3)23-20(24)16-8-9-22-19(21)13-16/h6-9,12-14H,4-5,10-11H2,1-3H3,(H,23,24). The number of amides is 1. The molecule has 6 heteroatoms. The van der Waals surface area contributed by atoms with E-state index in [9.17, 15) is 4.79 Å². The van der Waals surface area contributed by atoms with Gasteiger partial charge < -0.3 is 14.8 Å². The third-order valence-corrected chi connectivity index (χ3v) is 3.93. The van der Waals surface area contributed by atoms with E-state index in [1.54, 1.807) is 12.1 Å². The number of nitrogens with zero attached hydrogens (tertiary/aromatic N) is 1. The zero-order chi connectivity index (χ0) is 18.9. The third-order valence-electron chi connectivity index (χ3n) is 3.73. The summed E-state index contributed by atoms with van der Waals surface area (Å²) in [7, 11) is 0. The fraction of sp³-hybridized carbons (Fsp3) is 0.400. The van der Waals surface area contributed by atoms with Crippen LogP contribution in [0.25, 0.3) is 0 Å². The molecule has 1 amide bonds. The zero-order valence-corrected chi connectivity index (χ0v) is 16.2. The number of hydrogen-bond donors (Lipinski definition) is 1. The summed E-state index contributed by atoms with van der Waals surface area (Å²) >= 11 is 5.85. The molecule has 0 aliphatic heterocycles. The second kappa shape index (κ2) is 10.0. The summed E-state index contributed by atoms with van der Waals surface area (Å²) in [6, 6.07) is 8.73. The molecule has 140 valence electrons. The van der Waals surface area contributed by atoms with E-state index in [4.69, 9.17) is 21.1 Å². The summed E-state index contributed by atoms with van der Waals surface area (Å²) in [6.45, 7) is 7.29. The number of nitrogens with one attached hydrogen (secondary N) is 1. The molecule has 0 aliphatic rings. The lowest BCUT2D eigenvalue weighted by molar-refractivity contribution is 0.0939. The average Bonchev–Trinajstić information content (AvgIpc) is 2.64. The largest absolute Gasteiger partial charge is 0.490 e. The molecule has 2 aromatic rings. The van der Waals surface area contributed by atoms with Gasteiger partial charge in [0.2, 0.25) is 0 Å². The van der Waals surface area contributed by atoms with E-state index < -0.39 is 0 Å². The van der Waals surface area contributed by atoms with Crippen LogP contribution in [0.4, 0.5) is 0 Å². The number of pyridine rings is 1. The van der Waals surface area contributed by atoms with Gasteiger partial charge in [-0.2, -0.15) is 0 Å². The van der Waals surface area contributed by atoms with Crippen molar-refractivity contribution in [3.8, 4) is 11.5 Å². The fourth-order valence-corrected chi connectivity index (χ4v) is 2.53. The van der Waals surface area contributed by atoms with Crippen LogP contribution in [0.2, 0.25) is 5.15 Å². The number of carbonyl (C=O) groups is 1.